The van der Waals surface area contributed by atoms with Gasteiger partial charge in [0.2, 0.25) is 0 Å². The minimum Gasteiger partial charge on any atom is -0.330 e. The molecule has 2 rings (SSSR count). The monoisotopic (exact) mass is 204 g/mol. The van der Waals surface area contributed by atoms with Crippen molar-refractivity contribution in [1.29, 1.82) is 0 Å². The van der Waals surface area contributed by atoms with E-state index in [4.69, 9.17) is 5.73 Å². The summed E-state index contributed by atoms with van der Waals surface area (Å²) in [5.41, 5.74) is 7.33. The standard InChI is InChI=1S/C13H20N2/c1-11-5-7-13(10-14,8-6-11)12-4-2-3-9-15-12/h2-4,9,11H,5-8,10,14H2,1H3. The number of nitrogens with two attached hydrogens (primary N) is 1. The fourth-order valence-electron chi connectivity index (χ4n) is 2.56. The molecule has 0 radical (unpaired) electrons. The lowest BCUT2D eigenvalue weighted by atomic mass is 9.69. The van der Waals surface area contributed by atoms with Crippen LogP contribution in [0.2, 0.25) is 0 Å². The first-order chi connectivity index (χ1) is 7.27. The molecule has 0 bridgehead atoms. The lowest BCUT2D eigenvalue weighted by Gasteiger charge is -2.38. The van der Waals surface area contributed by atoms with Crippen LogP contribution in [-0.4, -0.2) is 11.5 Å². The second kappa shape index (κ2) is 4.31. The fourth-order valence-corrected chi connectivity index (χ4v) is 2.56. The van der Waals surface area contributed by atoms with Gasteiger partial charge in [0.25, 0.3) is 0 Å². The lowest BCUT2D eigenvalue weighted by molar-refractivity contribution is 0.242. The molecule has 2 N–H and O–H groups in total. The second-order valence-corrected chi connectivity index (χ2v) is 4.88. The van der Waals surface area contributed by atoms with Gasteiger partial charge in [-0.1, -0.05) is 13.0 Å². The minimum atomic E-state index is 0.160. The van der Waals surface area contributed by atoms with E-state index in [2.05, 4.69) is 24.0 Å². The third-order valence-electron chi connectivity index (χ3n) is 3.83. The van der Waals surface area contributed by atoms with Gasteiger partial charge in [-0.15, -0.1) is 0 Å². The van der Waals surface area contributed by atoms with E-state index >= 15 is 0 Å². The van der Waals surface area contributed by atoms with Gasteiger partial charge in [-0.3, -0.25) is 4.98 Å². The van der Waals surface area contributed by atoms with Crippen LogP contribution in [0.3, 0.4) is 0 Å². The molecule has 2 heteroatoms. The van der Waals surface area contributed by atoms with Crippen molar-refractivity contribution in [3.63, 3.8) is 0 Å². The molecule has 1 heterocycles. The summed E-state index contributed by atoms with van der Waals surface area (Å²) in [5.74, 6) is 0.855. The molecule has 1 aromatic rings. The molecule has 15 heavy (non-hydrogen) atoms. The smallest absolute Gasteiger partial charge is 0.0477 e. The molecule has 0 aliphatic heterocycles. The molecule has 1 aliphatic rings. The molecule has 1 saturated carbocycles. The van der Waals surface area contributed by atoms with Crippen LogP contribution in [0.1, 0.15) is 38.3 Å². The Bertz CT molecular complexity index is 300. The van der Waals surface area contributed by atoms with Gasteiger partial charge in [0.1, 0.15) is 0 Å². The average molecular weight is 204 g/mol. The predicted octanol–water partition coefficient (Wildman–Crippen LogP) is 2.49. The summed E-state index contributed by atoms with van der Waals surface area (Å²) in [7, 11) is 0. The fraction of sp³-hybridized carbons (Fsp3) is 0.615. The van der Waals surface area contributed by atoms with E-state index in [1.807, 2.05) is 12.3 Å². The van der Waals surface area contributed by atoms with Crippen LogP contribution in [0.15, 0.2) is 24.4 Å². The van der Waals surface area contributed by atoms with E-state index in [9.17, 15) is 0 Å². The maximum atomic E-state index is 5.98. The highest BCUT2D eigenvalue weighted by molar-refractivity contribution is 5.18. The predicted molar refractivity (Wildman–Crippen MR) is 62.6 cm³/mol. The number of rotatable bonds is 2. The van der Waals surface area contributed by atoms with Crippen molar-refractivity contribution in [3.8, 4) is 0 Å². The van der Waals surface area contributed by atoms with Gasteiger partial charge in [-0.25, -0.2) is 0 Å². The zero-order valence-corrected chi connectivity index (χ0v) is 9.45. The van der Waals surface area contributed by atoms with Crippen LogP contribution in [-0.2, 0) is 5.41 Å². The van der Waals surface area contributed by atoms with Crippen molar-refractivity contribution >= 4 is 0 Å². The van der Waals surface area contributed by atoms with Crippen LogP contribution in [0.5, 0.6) is 0 Å². The lowest BCUT2D eigenvalue weighted by Crippen LogP contribution is -2.39. The number of hydrogen-bond donors (Lipinski definition) is 1. The summed E-state index contributed by atoms with van der Waals surface area (Å²) in [6.45, 7) is 3.07. The molecule has 1 aromatic heterocycles. The molecular formula is C13H20N2. The highest BCUT2D eigenvalue weighted by Gasteiger charge is 2.35. The number of nitrogens with zero attached hydrogens (tertiary/aromatic N) is 1. The molecule has 0 unspecified atom stereocenters. The Hall–Kier alpha value is -0.890. The van der Waals surface area contributed by atoms with Crippen LogP contribution >= 0.6 is 0 Å². The van der Waals surface area contributed by atoms with Crippen molar-refractivity contribution in [1.82, 2.24) is 4.98 Å². The van der Waals surface area contributed by atoms with E-state index in [0.29, 0.717) is 0 Å². The summed E-state index contributed by atoms with van der Waals surface area (Å²) in [4.78, 5) is 4.49. The van der Waals surface area contributed by atoms with Gasteiger partial charge in [-0.05, 0) is 43.7 Å². The third kappa shape index (κ3) is 2.05. The Morgan fingerprint density at radius 1 is 1.40 bits per heavy atom. The van der Waals surface area contributed by atoms with Gasteiger partial charge in [0.05, 0.1) is 0 Å². The maximum Gasteiger partial charge on any atom is 0.0477 e. The van der Waals surface area contributed by atoms with E-state index in [1.54, 1.807) is 0 Å². The quantitative estimate of drug-likeness (QED) is 0.803. The molecule has 82 valence electrons. The zero-order chi connectivity index (χ0) is 10.7. The summed E-state index contributed by atoms with van der Waals surface area (Å²) in [5, 5.41) is 0. The largest absolute Gasteiger partial charge is 0.330 e. The molecule has 0 aromatic carbocycles. The average Bonchev–Trinajstić information content (AvgIpc) is 2.32. The van der Waals surface area contributed by atoms with Crippen molar-refractivity contribution in [2.75, 3.05) is 6.54 Å². The zero-order valence-electron chi connectivity index (χ0n) is 9.45. The molecule has 2 nitrogen and oxygen atoms in total. The van der Waals surface area contributed by atoms with Crippen LogP contribution in [0.25, 0.3) is 0 Å². The molecule has 1 fully saturated rings. The molecule has 1 aliphatic carbocycles. The van der Waals surface area contributed by atoms with Crippen molar-refractivity contribution < 1.29 is 0 Å². The summed E-state index contributed by atoms with van der Waals surface area (Å²) in [6, 6.07) is 6.17. The number of hydrogen-bond acceptors (Lipinski definition) is 2. The number of pyridine rings is 1. The Labute approximate surface area is 91.9 Å². The first-order valence-corrected chi connectivity index (χ1v) is 5.88. The van der Waals surface area contributed by atoms with Crippen molar-refractivity contribution in [3.05, 3.63) is 30.1 Å². The van der Waals surface area contributed by atoms with Gasteiger partial charge < -0.3 is 5.73 Å². The van der Waals surface area contributed by atoms with E-state index in [0.717, 1.165) is 12.5 Å². The SMILES string of the molecule is CC1CCC(CN)(c2ccccn2)CC1. The summed E-state index contributed by atoms with van der Waals surface area (Å²) in [6.07, 6.45) is 6.84. The minimum absolute atomic E-state index is 0.160. The van der Waals surface area contributed by atoms with E-state index in [-0.39, 0.29) is 5.41 Å². The topological polar surface area (TPSA) is 38.9 Å². The van der Waals surface area contributed by atoms with Crippen molar-refractivity contribution in [2.24, 2.45) is 11.7 Å². The number of aromatic nitrogens is 1. The van der Waals surface area contributed by atoms with Gasteiger partial charge >= 0.3 is 0 Å². The van der Waals surface area contributed by atoms with Crippen LogP contribution in [0, 0.1) is 5.92 Å². The molecule has 0 saturated heterocycles. The second-order valence-electron chi connectivity index (χ2n) is 4.88. The van der Waals surface area contributed by atoms with E-state index < -0.39 is 0 Å². The summed E-state index contributed by atoms with van der Waals surface area (Å²) < 4.78 is 0. The normalized spacial score (nSPS) is 31.5. The molecule has 0 spiro atoms. The first-order valence-electron chi connectivity index (χ1n) is 5.88. The van der Waals surface area contributed by atoms with Gasteiger partial charge in [-0.2, -0.15) is 0 Å². The Morgan fingerprint density at radius 3 is 2.67 bits per heavy atom. The first kappa shape index (κ1) is 10.6. The highest BCUT2D eigenvalue weighted by atomic mass is 14.7. The van der Waals surface area contributed by atoms with E-state index in [1.165, 1.54) is 31.4 Å². The van der Waals surface area contributed by atoms with Crippen molar-refractivity contribution in [2.45, 2.75) is 38.0 Å². The molecule has 0 amide bonds. The Balaban J connectivity index is 2.23. The van der Waals surface area contributed by atoms with Gasteiger partial charge in [0, 0.05) is 23.9 Å². The third-order valence-corrected chi connectivity index (χ3v) is 3.83. The Kier molecular flexibility index (Phi) is 3.06. The Morgan fingerprint density at radius 2 is 2.13 bits per heavy atom. The molecular weight excluding hydrogens is 184 g/mol. The van der Waals surface area contributed by atoms with Gasteiger partial charge in [0.15, 0.2) is 0 Å². The molecule has 0 atom stereocenters. The van der Waals surface area contributed by atoms with Crippen LogP contribution in [0.4, 0.5) is 0 Å². The maximum absolute atomic E-state index is 5.98. The van der Waals surface area contributed by atoms with Crippen LogP contribution < -0.4 is 5.73 Å². The summed E-state index contributed by atoms with van der Waals surface area (Å²) >= 11 is 0. The highest BCUT2D eigenvalue weighted by Crippen LogP contribution is 2.39.